The molecule has 1 aliphatic heterocycles. The number of nitrogens with one attached hydrogen (secondary N) is 1. The predicted octanol–water partition coefficient (Wildman–Crippen LogP) is 1.42. The topological polar surface area (TPSA) is 69.6 Å². The van der Waals surface area contributed by atoms with Crippen molar-refractivity contribution in [2.75, 3.05) is 11.9 Å². The molecule has 0 aromatic heterocycles. The van der Waals surface area contributed by atoms with Gasteiger partial charge in [-0.05, 0) is 26.2 Å². The molecule has 1 saturated heterocycles. The minimum absolute atomic E-state index is 0.00935. The van der Waals surface area contributed by atoms with Gasteiger partial charge in [-0.15, -0.1) is 0 Å². The number of likely N-dealkylation sites (tertiary alicyclic amines) is 1. The minimum atomic E-state index is -1.04. The van der Waals surface area contributed by atoms with Gasteiger partial charge >= 0.3 is 6.09 Å². The van der Waals surface area contributed by atoms with E-state index in [0.29, 0.717) is 11.9 Å². The quantitative estimate of drug-likeness (QED) is 0.773. The molecule has 16 heavy (non-hydrogen) atoms. The normalized spacial score (nSPS) is 25.2. The number of hydrogen-bond donors (Lipinski definition) is 2. The lowest BCUT2D eigenvalue weighted by molar-refractivity contribution is -0.134. The Balaban J connectivity index is 2.63. The number of alkyl halides is 1. The molecule has 1 rings (SSSR count). The first-order valence-electron chi connectivity index (χ1n) is 5.40. The lowest BCUT2D eigenvalue weighted by Gasteiger charge is -2.40. The number of amides is 2. The molecule has 92 valence electrons. The molecule has 1 fully saturated rings. The Labute approximate surface area is 103 Å². The fourth-order valence-corrected chi connectivity index (χ4v) is 2.50. The second-order valence-corrected chi connectivity index (χ2v) is 4.62. The fraction of sp³-hybridized carbons (Fsp3) is 0.800. The van der Waals surface area contributed by atoms with E-state index in [1.165, 1.54) is 0 Å². The number of hydrogen-bond acceptors (Lipinski definition) is 2. The molecule has 1 heterocycles. The first kappa shape index (κ1) is 13.3. The third-order valence-corrected chi connectivity index (χ3v) is 3.40. The minimum Gasteiger partial charge on any atom is -0.465 e. The van der Waals surface area contributed by atoms with Crippen LogP contribution in [-0.2, 0) is 4.79 Å². The van der Waals surface area contributed by atoms with Crippen LogP contribution in [0.15, 0.2) is 0 Å². The van der Waals surface area contributed by atoms with E-state index in [4.69, 9.17) is 5.11 Å². The van der Waals surface area contributed by atoms with Crippen molar-refractivity contribution in [2.45, 2.75) is 38.3 Å². The fourth-order valence-electron chi connectivity index (χ4n) is 2.21. The molecule has 0 aliphatic carbocycles. The van der Waals surface area contributed by atoms with Crippen LogP contribution < -0.4 is 5.32 Å². The van der Waals surface area contributed by atoms with Crippen molar-refractivity contribution in [1.82, 2.24) is 10.2 Å². The zero-order valence-electron chi connectivity index (χ0n) is 9.28. The Hall–Kier alpha value is -0.780. The van der Waals surface area contributed by atoms with E-state index >= 15 is 0 Å². The van der Waals surface area contributed by atoms with Crippen LogP contribution in [0.1, 0.15) is 26.2 Å². The number of piperidine rings is 1. The van der Waals surface area contributed by atoms with E-state index in [9.17, 15) is 9.59 Å². The molecular formula is C10H17BrN2O3. The van der Waals surface area contributed by atoms with Gasteiger partial charge in [0, 0.05) is 18.6 Å². The average molecular weight is 293 g/mol. The molecule has 0 aromatic rings. The molecule has 0 aromatic carbocycles. The van der Waals surface area contributed by atoms with Crippen molar-refractivity contribution in [3.05, 3.63) is 0 Å². The highest BCUT2D eigenvalue weighted by atomic mass is 79.9. The summed E-state index contributed by atoms with van der Waals surface area (Å²) in [6.45, 7) is 2.33. The average Bonchev–Trinajstić information content (AvgIpc) is 2.25. The number of carboxylic acid groups (broad SMARTS) is 1. The molecule has 0 bridgehead atoms. The number of carbonyl (C=O) groups excluding carboxylic acids is 1. The summed E-state index contributed by atoms with van der Waals surface area (Å²) in [5, 5.41) is 11.2. The Kier molecular flexibility index (Phi) is 5.05. The largest absolute Gasteiger partial charge is 0.465 e. The maximum Gasteiger partial charge on any atom is 0.404 e. The van der Waals surface area contributed by atoms with Gasteiger partial charge in [0.2, 0.25) is 5.91 Å². The molecule has 0 radical (unpaired) electrons. The summed E-state index contributed by atoms with van der Waals surface area (Å²) >= 11 is 3.16. The van der Waals surface area contributed by atoms with E-state index in [2.05, 4.69) is 21.2 Å². The summed E-state index contributed by atoms with van der Waals surface area (Å²) in [6, 6.07) is 0.185. The Morgan fingerprint density at radius 1 is 1.50 bits per heavy atom. The van der Waals surface area contributed by atoms with Crippen molar-refractivity contribution < 1.29 is 14.7 Å². The summed E-state index contributed by atoms with van der Waals surface area (Å²) in [5.74, 6) is 0.0318. The summed E-state index contributed by atoms with van der Waals surface area (Å²) in [6.07, 6.45) is 1.86. The van der Waals surface area contributed by atoms with Crippen LogP contribution in [-0.4, -0.2) is 46.0 Å². The third kappa shape index (κ3) is 3.37. The number of carbonyl (C=O) groups is 2. The van der Waals surface area contributed by atoms with E-state index < -0.39 is 6.09 Å². The molecule has 1 aliphatic rings. The van der Waals surface area contributed by atoms with Crippen LogP contribution >= 0.6 is 15.9 Å². The van der Waals surface area contributed by atoms with Gasteiger partial charge in [-0.3, -0.25) is 4.79 Å². The molecular weight excluding hydrogens is 276 g/mol. The van der Waals surface area contributed by atoms with Crippen molar-refractivity contribution in [3.63, 3.8) is 0 Å². The maximum atomic E-state index is 11.7. The second kappa shape index (κ2) is 6.08. The summed E-state index contributed by atoms with van der Waals surface area (Å²) in [5.41, 5.74) is 0. The van der Waals surface area contributed by atoms with Crippen molar-refractivity contribution in [2.24, 2.45) is 0 Å². The van der Waals surface area contributed by atoms with E-state index in [-0.39, 0.29) is 18.0 Å². The molecule has 2 atom stereocenters. The standard InChI is InChI=1S/C10H17BrN2O3/c1-7-3-2-4-8(6-12-10(15)16)13(7)9(14)5-11/h7-8,12H,2-6H2,1H3,(H,15,16). The highest BCUT2D eigenvalue weighted by Crippen LogP contribution is 2.22. The molecule has 2 amide bonds. The van der Waals surface area contributed by atoms with Crippen LogP contribution in [0.25, 0.3) is 0 Å². The SMILES string of the molecule is CC1CCCC(CNC(=O)O)N1C(=O)CBr. The molecule has 5 nitrogen and oxygen atoms in total. The zero-order valence-corrected chi connectivity index (χ0v) is 10.9. The zero-order chi connectivity index (χ0) is 12.1. The molecule has 0 saturated carbocycles. The van der Waals surface area contributed by atoms with Crippen LogP contribution in [0, 0.1) is 0 Å². The van der Waals surface area contributed by atoms with Gasteiger partial charge in [0.05, 0.1) is 5.33 Å². The van der Waals surface area contributed by atoms with Gasteiger partial charge in [0.25, 0.3) is 0 Å². The highest BCUT2D eigenvalue weighted by Gasteiger charge is 2.31. The molecule has 2 N–H and O–H groups in total. The monoisotopic (exact) mass is 292 g/mol. The van der Waals surface area contributed by atoms with E-state index in [1.54, 1.807) is 4.90 Å². The lowest BCUT2D eigenvalue weighted by atomic mass is 9.96. The molecule has 2 unspecified atom stereocenters. The Morgan fingerprint density at radius 3 is 2.75 bits per heavy atom. The molecule has 6 heteroatoms. The summed E-state index contributed by atoms with van der Waals surface area (Å²) in [4.78, 5) is 24.0. The van der Waals surface area contributed by atoms with Crippen LogP contribution in [0.2, 0.25) is 0 Å². The van der Waals surface area contributed by atoms with Gasteiger partial charge < -0.3 is 15.3 Å². The van der Waals surface area contributed by atoms with Crippen molar-refractivity contribution >= 4 is 27.9 Å². The van der Waals surface area contributed by atoms with E-state index in [1.807, 2.05) is 6.92 Å². The first-order valence-corrected chi connectivity index (χ1v) is 6.52. The van der Waals surface area contributed by atoms with Crippen LogP contribution in [0.3, 0.4) is 0 Å². The summed E-state index contributed by atoms with van der Waals surface area (Å²) < 4.78 is 0. The van der Waals surface area contributed by atoms with Gasteiger partial charge in [0.1, 0.15) is 0 Å². The second-order valence-electron chi connectivity index (χ2n) is 4.05. The van der Waals surface area contributed by atoms with Crippen LogP contribution in [0.5, 0.6) is 0 Å². The predicted molar refractivity (Wildman–Crippen MR) is 63.8 cm³/mol. The van der Waals surface area contributed by atoms with Crippen molar-refractivity contribution in [3.8, 4) is 0 Å². The van der Waals surface area contributed by atoms with Gasteiger partial charge in [-0.2, -0.15) is 0 Å². The number of nitrogens with zero attached hydrogens (tertiary/aromatic N) is 1. The van der Waals surface area contributed by atoms with E-state index in [0.717, 1.165) is 19.3 Å². The number of rotatable bonds is 3. The van der Waals surface area contributed by atoms with Gasteiger partial charge in [0.15, 0.2) is 0 Å². The highest BCUT2D eigenvalue weighted by molar-refractivity contribution is 9.09. The number of halogens is 1. The third-order valence-electron chi connectivity index (χ3n) is 2.92. The summed E-state index contributed by atoms with van der Waals surface area (Å²) in [7, 11) is 0. The maximum absolute atomic E-state index is 11.7. The van der Waals surface area contributed by atoms with Gasteiger partial charge in [-0.25, -0.2) is 4.79 Å². The van der Waals surface area contributed by atoms with Crippen molar-refractivity contribution in [1.29, 1.82) is 0 Å². The molecule has 0 spiro atoms. The first-order chi connectivity index (χ1) is 7.56. The van der Waals surface area contributed by atoms with Gasteiger partial charge in [-0.1, -0.05) is 15.9 Å². The smallest absolute Gasteiger partial charge is 0.404 e. The lowest BCUT2D eigenvalue weighted by Crippen LogP contribution is -2.53. The Morgan fingerprint density at radius 2 is 2.19 bits per heavy atom. The van der Waals surface area contributed by atoms with Crippen LogP contribution in [0.4, 0.5) is 4.79 Å². The Bertz CT molecular complexity index is 273.